The molecule has 7 nitrogen and oxygen atoms in total. The summed E-state index contributed by atoms with van der Waals surface area (Å²) in [6.07, 6.45) is 0.806. The predicted octanol–water partition coefficient (Wildman–Crippen LogP) is 0.400. The molecule has 0 unspecified atom stereocenters. The molecule has 1 aromatic rings. The van der Waals surface area contributed by atoms with Gasteiger partial charge < -0.3 is 15.0 Å². The minimum Gasteiger partial charge on any atom is -0.481 e. The van der Waals surface area contributed by atoms with E-state index in [2.05, 4.69) is 15.2 Å². The van der Waals surface area contributed by atoms with Crippen LogP contribution in [0.25, 0.3) is 0 Å². The number of hydrogen-bond acceptors (Lipinski definition) is 5. The van der Waals surface area contributed by atoms with E-state index in [4.69, 9.17) is 4.74 Å². The molecular weight excluding hydrogens is 308 g/mol. The van der Waals surface area contributed by atoms with Crippen LogP contribution in [0.2, 0.25) is 0 Å². The monoisotopic (exact) mass is 332 g/mol. The van der Waals surface area contributed by atoms with Gasteiger partial charge in [-0.05, 0) is 19.4 Å². The Kier molecular flexibility index (Phi) is 4.71. The van der Waals surface area contributed by atoms with Crippen molar-refractivity contribution in [2.45, 2.75) is 44.9 Å². The van der Waals surface area contributed by atoms with E-state index in [9.17, 15) is 9.59 Å². The molecule has 0 aromatic carbocycles. The van der Waals surface area contributed by atoms with Crippen LogP contribution in [0.1, 0.15) is 26.0 Å². The van der Waals surface area contributed by atoms with Crippen molar-refractivity contribution in [2.75, 3.05) is 20.2 Å². The van der Waals surface area contributed by atoms with Crippen LogP contribution >= 0.6 is 0 Å². The van der Waals surface area contributed by atoms with E-state index in [-0.39, 0.29) is 29.9 Å². The van der Waals surface area contributed by atoms with Gasteiger partial charge in [0.1, 0.15) is 0 Å². The van der Waals surface area contributed by atoms with Crippen molar-refractivity contribution in [3.63, 3.8) is 0 Å². The van der Waals surface area contributed by atoms with E-state index in [1.807, 2.05) is 30.0 Å². The lowest BCUT2D eigenvalue weighted by Crippen LogP contribution is -2.58. The van der Waals surface area contributed by atoms with Crippen LogP contribution in [0.3, 0.4) is 0 Å². The molecule has 0 radical (unpaired) electrons. The van der Waals surface area contributed by atoms with Crippen molar-refractivity contribution in [1.82, 2.24) is 20.1 Å². The summed E-state index contributed by atoms with van der Waals surface area (Å²) in [6.45, 7) is 5.47. The summed E-state index contributed by atoms with van der Waals surface area (Å²) in [4.78, 5) is 32.5. The van der Waals surface area contributed by atoms with Crippen molar-refractivity contribution >= 4 is 11.8 Å². The Morgan fingerprint density at radius 3 is 2.92 bits per heavy atom. The minimum absolute atomic E-state index is 0.0437. The van der Waals surface area contributed by atoms with Crippen LogP contribution in [-0.4, -0.2) is 64.9 Å². The number of amides is 2. The first-order chi connectivity index (χ1) is 11.5. The largest absolute Gasteiger partial charge is 0.481 e. The summed E-state index contributed by atoms with van der Waals surface area (Å²) in [7, 11) is 1.59. The summed E-state index contributed by atoms with van der Waals surface area (Å²) >= 11 is 0. The molecule has 0 spiro atoms. The van der Waals surface area contributed by atoms with E-state index in [1.165, 1.54) is 6.92 Å². The first-order valence-corrected chi connectivity index (χ1v) is 8.29. The lowest BCUT2D eigenvalue weighted by atomic mass is 10.1. The van der Waals surface area contributed by atoms with Gasteiger partial charge in [0.25, 0.3) is 0 Å². The molecule has 2 fully saturated rings. The zero-order valence-electron chi connectivity index (χ0n) is 14.4. The molecule has 2 aliphatic heterocycles. The Hall–Kier alpha value is -2.15. The van der Waals surface area contributed by atoms with Gasteiger partial charge in [-0.15, -0.1) is 0 Å². The number of ether oxygens (including phenoxy) is 1. The maximum atomic E-state index is 12.7. The van der Waals surface area contributed by atoms with E-state index in [0.717, 1.165) is 18.7 Å². The van der Waals surface area contributed by atoms with E-state index < -0.39 is 0 Å². The summed E-state index contributed by atoms with van der Waals surface area (Å²) < 4.78 is 5.17. The smallest absolute Gasteiger partial charge is 0.240 e. The van der Waals surface area contributed by atoms with Crippen LogP contribution in [0.5, 0.6) is 5.88 Å². The third-order valence-corrected chi connectivity index (χ3v) is 4.81. The summed E-state index contributed by atoms with van der Waals surface area (Å²) in [6, 6.07) is 5.68. The Bertz CT molecular complexity index is 636. The van der Waals surface area contributed by atoms with E-state index in [0.29, 0.717) is 19.0 Å². The van der Waals surface area contributed by atoms with Crippen molar-refractivity contribution in [3.05, 3.63) is 23.9 Å². The SMILES string of the molecule is COc1cccc(CN2C[C@@H]3C[C@H](NC(C)=O)CN3C(=O)[C@@H]2C)n1. The number of carbonyl (C=O) groups is 2. The molecule has 130 valence electrons. The number of carbonyl (C=O) groups excluding carboxylic acids is 2. The molecule has 3 heterocycles. The highest BCUT2D eigenvalue weighted by Crippen LogP contribution is 2.27. The van der Waals surface area contributed by atoms with Crippen molar-refractivity contribution in [1.29, 1.82) is 0 Å². The van der Waals surface area contributed by atoms with E-state index in [1.54, 1.807) is 7.11 Å². The van der Waals surface area contributed by atoms with Crippen LogP contribution in [0, 0.1) is 0 Å². The lowest BCUT2D eigenvalue weighted by Gasteiger charge is -2.41. The van der Waals surface area contributed by atoms with Crippen molar-refractivity contribution in [2.24, 2.45) is 0 Å². The zero-order chi connectivity index (χ0) is 17.3. The quantitative estimate of drug-likeness (QED) is 0.864. The molecule has 0 aliphatic carbocycles. The molecule has 2 saturated heterocycles. The third kappa shape index (κ3) is 3.36. The fraction of sp³-hybridized carbons (Fsp3) is 0.588. The maximum absolute atomic E-state index is 12.7. The molecule has 3 rings (SSSR count). The molecule has 1 N–H and O–H groups in total. The lowest BCUT2D eigenvalue weighted by molar-refractivity contribution is -0.143. The van der Waals surface area contributed by atoms with Gasteiger partial charge in [0.15, 0.2) is 0 Å². The number of aromatic nitrogens is 1. The molecular formula is C17H24N4O3. The molecule has 24 heavy (non-hydrogen) atoms. The molecule has 1 aromatic heterocycles. The van der Waals surface area contributed by atoms with E-state index >= 15 is 0 Å². The highest BCUT2D eigenvalue weighted by molar-refractivity contribution is 5.83. The second kappa shape index (κ2) is 6.76. The standard InChI is InChI=1S/C17H24N4O3/c1-11-17(23)21-9-14(18-12(2)22)7-15(21)10-20(11)8-13-5-4-6-16(19-13)24-3/h4-6,11,14-15H,7-10H2,1-3H3,(H,18,22)/t11-,14-,15-/m0/s1. The van der Waals surface area contributed by atoms with Crippen LogP contribution in [0.15, 0.2) is 18.2 Å². The summed E-state index contributed by atoms with van der Waals surface area (Å²) in [5.74, 6) is 0.663. The van der Waals surface area contributed by atoms with Gasteiger partial charge in [-0.25, -0.2) is 4.98 Å². The number of methoxy groups -OCH3 is 1. The van der Waals surface area contributed by atoms with Crippen LogP contribution < -0.4 is 10.1 Å². The third-order valence-electron chi connectivity index (χ3n) is 4.81. The van der Waals surface area contributed by atoms with Gasteiger partial charge in [0.05, 0.1) is 18.8 Å². The average Bonchev–Trinajstić information content (AvgIpc) is 2.94. The summed E-state index contributed by atoms with van der Waals surface area (Å²) in [5.41, 5.74) is 0.888. The number of piperazine rings is 1. The average molecular weight is 332 g/mol. The molecule has 2 amide bonds. The number of fused-ring (bicyclic) bond motifs is 1. The topological polar surface area (TPSA) is 74.8 Å². The fourth-order valence-corrected chi connectivity index (χ4v) is 3.65. The highest BCUT2D eigenvalue weighted by atomic mass is 16.5. The van der Waals surface area contributed by atoms with Gasteiger partial charge in [-0.3, -0.25) is 14.5 Å². The Balaban J connectivity index is 1.70. The zero-order valence-corrected chi connectivity index (χ0v) is 14.4. The maximum Gasteiger partial charge on any atom is 0.240 e. The predicted molar refractivity (Wildman–Crippen MR) is 88.4 cm³/mol. The van der Waals surface area contributed by atoms with Gasteiger partial charge >= 0.3 is 0 Å². The number of nitrogens with zero attached hydrogens (tertiary/aromatic N) is 3. The number of rotatable bonds is 4. The van der Waals surface area contributed by atoms with Crippen LogP contribution in [0.4, 0.5) is 0 Å². The van der Waals surface area contributed by atoms with Gasteiger partial charge in [0.2, 0.25) is 17.7 Å². The Labute approximate surface area is 142 Å². The van der Waals surface area contributed by atoms with Gasteiger partial charge in [-0.2, -0.15) is 0 Å². The number of pyridine rings is 1. The minimum atomic E-state index is -0.190. The molecule has 7 heteroatoms. The van der Waals surface area contributed by atoms with Gasteiger partial charge in [-0.1, -0.05) is 6.07 Å². The molecule has 0 bridgehead atoms. The van der Waals surface area contributed by atoms with Crippen LogP contribution in [-0.2, 0) is 16.1 Å². The first kappa shape index (κ1) is 16.7. The second-order valence-corrected chi connectivity index (χ2v) is 6.55. The highest BCUT2D eigenvalue weighted by Gasteiger charge is 2.43. The Morgan fingerprint density at radius 2 is 2.21 bits per heavy atom. The van der Waals surface area contributed by atoms with Crippen molar-refractivity contribution < 1.29 is 14.3 Å². The fourth-order valence-electron chi connectivity index (χ4n) is 3.65. The normalized spacial score (nSPS) is 27.0. The number of nitrogens with one attached hydrogen (secondary N) is 1. The molecule has 2 aliphatic rings. The summed E-state index contributed by atoms with van der Waals surface area (Å²) in [5, 5.41) is 2.93. The second-order valence-electron chi connectivity index (χ2n) is 6.55. The van der Waals surface area contributed by atoms with Crippen molar-refractivity contribution in [3.8, 4) is 5.88 Å². The van der Waals surface area contributed by atoms with Gasteiger partial charge in [0, 0.05) is 44.7 Å². The first-order valence-electron chi connectivity index (χ1n) is 8.29. The molecule has 0 saturated carbocycles. The molecule has 3 atom stereocenters. The number of hydrogen-bond donors (Lipinski definition) is 1. The Morgan fingerprint density at radius 1 is 1.42 bits per heavy atom.